The van der Waals surface area contributed by atoms with Gasteiger partial charge < -0.3 is 4.74 Å². The first-order valence-electron chi connectivity index (χ1n) is 11.4. The Hall–Kier alpha value is -2.35. The molecule has 2 aliphatic carbocycles. The Bertz CT molecular complexity index is 927. The molecule has 4 rings (SSSR count). The first kappa shape index (κ1) is 20.9. The third kappa shape index (κ3) is 3.97. The SMILES string of the molecule is C=C1C(=O)C[C@@H]2c3ccc(OCc4ccccc4)cc3CC[C@@]2(C)[C@H]1CCC(C)C. The molecule has 0 saturated heterocycles. The van der Waals surface area contributed by atoms with Crippen LogP contribution in [0.5, 0.6) is 5.75 Å². The first-order chi connectivity index (χ1) is 14.4. The molecule has 30 heavy (non-hydrogen) atoms. The minimum absolute atomic E-state index is 0.124. The number of hydrogen-bond acceptors (Lipinski definition) is 2. The summed E-state index contributed by atoms with van der Waals surface area (Å²) in [5, 5.41) is 0. The van der Waals surface area contributed by atoms with Crippen molar-refractivity contribution in [3.05, 3.63) is 77.4 Å². The minimum atomic E-state index is 0.124. The highest BCUT2D eigenvalue weighted by Gasteiger charge is 2.50. The third-order valence-corrected chi connectivity index (χ3v) is 7.46. The van der Waals surface area contributed by atoms with Gasteiger partial charge in [-0.1, -0.05) is 70.2 Å². The van der Waals surface area contributed by atoms with Gasteiger partial charge in [-0.25, -0.2) is 0 Å². The maximum absolute atomic E-state index is 12.9. The van der Waals surface area contributed by atoms with Crippen LogP contribution in [0.3, 0.4) is 0 Å². The van der Waals surface area contributed by atoms with Crippen molar-refractivity contribution in [2.45, 2.75) is 65.4 Å². The van der Waals surface area contributed by atoms with E-state index in [2.05, 4.69) is 57.7 Å². The molecule has 0 aliphatic heterocycles. The predicted molar refractivity (Wildman–Crippen MR) is 123 cm³/mol. The van der Waals surface area contributed by atoms with Gasteiger partial charge in [0, 0.05) is 6.42 Å². The number of ketones is 1. The van der Waals surface area contributed by atoms with Crippen molar-refractivity contribution >= 4 is 5.78 Å². The average molecular weight is 403 g/mol. The van der Waals surface area contributed by atoms with Crippen molar-refractivity contribution in [1.82, 2.24) is 0 Å². The maximum atomic E-state index is 12.9. The van der Waals surface area contributed by atoms with Crippen LogP contribution in [-0.4, -0.2) is 5.78 Å². The van der Waals surface area contributed by atoms with Crippen molar-refractivity contribution < 1.29 is 9.53 Å². The number of hydrogen-bond donors (Lipinski definition) is 0. The fourth-order valence-corrected chi connectivity index (χ4v) is 5.58. The predicted octanol–water partition coefficient (Wildman–Crippen LogP) is 6.88. The molecule has 0 bridgehead atoms. The van der Waals surface area contributed by atoms with Gasteiger partial charge in [-0.3, -0.25) is 4.79 Å². The fourth-order valence-electron chi connectivity index (χ4n) is 5.58. The van der Waals surface area contributed by atoms with Crippen LogP contribution in [0.25, 0.3) is 0 Å². The van der Waals surface area contributed by atoms with Gasteiger partial charge in [-0.15, -0.1) is 0 Å². The van der Waals surface area contributed by atoms with E-state index in [1.165, 1.54) is 16.7 Å². The summed E-state index contributed by atoms with van der Waals surface area (Å²) >= 11 is 0. The second-order valence-corrected chi connectivity index (χ2v) is 9.87. The van der Waals surface area contributed by atoms with Crippen LogP contribution >= 0.6 is 0 Å². The van der Waals surface area contributed by atoms with E-state index in [0.717, 1.165) is 37.0 Å². The number of benzene rings is 2. The van der Waals surface area contributed by atoms with Gasteiger partial charge in [0.15, 0.2) is 5.78 Å². The fraction of sp³-hybridized carbons (Fsp3) is 0.464. The average Bonchev–Trinajstić information content (AvgIpc) is 2.74. The van der Waals surface area contributed by atoms with E-state index in [9.17, 15) is 4.79 Å². The summed E-state index contributed by atoms with van der Waals surface area (Å²) < 4.78 is 6.06. The smallest absolute Gasteiger partial charge is 0.159 e. The van der Waals surface area contributed by atoms with Gasteiger partial charge in [-0.2, -0.15) is 0 Å². The molecule has 0 unspecified atom stereocenters. The van der Waals surface area contributed by atoms with Crippen molar-refractivity contribution in [3.8, 4) is 5.75 Å². The number of carbonyl (C=O) groups excluding carboxylic acids is 1. The molecule has 1 saturated carbocycles. The molecule has 0 N–H and O–H groups in total. The van der Waals surface area contributed by atoms with E-state index in [1.54, 1.807) is 0 Å². The Balaban J connectivity index is 1.57. The van der Waals surface area contributed by atoms with E-state index in [1.807, 2.05) is 18.2 Å². The third-order valence-electron chi connectivity index (χ3n) is 7.46. The number of fused-ring (bicyclic) bond motifs is 3. The highest BCUT2D eigenvalue weighted by Crippen LogP contribution is 2.58. The van der Waals surface area contributed by atoms with E-state index < -0.39 is 0 Å². The number of aryl methyl sites for hydroxylation is 1. The summed E-state index contributed by atoms with van der Waals surface area (Å²) in [5.41, 5.74) is 4.88. The molecule has 2 aromatic rings. The van der Waals surface area contributed by atoms with Crippen molar-refractivity contribution in [2.75, 3.05) is 0 Å². The zero-order valence-electron chi connectivity index (χ0n) is 18.6. The van der Waals surface area contributed by atoms with E-state index >= 15 is 0 Å². The zero-order valence-corrected chi connectivity index (χ0v) is 18.6. The Morgan fingerprint density at radius 3 is 2.67 bits per heavy atom. The quantitative estimate of drug-likeness (QED) is 0.492. The molecule has 158 valence electrons. The van der Waals surface area contributed by atoms with Crippen molar-refractivity contribution in [2.24, 2.45) is 17.3 Å². The highest BCUT2D eigenvalue weighted by molar-refractivity contribution is 5.97. The molecule has 2 heteroatoms. The van der Waals surface area contributed by atoms with E-state index in [4.69, 9.17) is 4.74 Å². The Morgan fingerprint density at radius 1 is 1.17 bits per heavy atom. The van der Waals surface area contributed by atoms with Crippen LogP contribution in [-0.2, 0) is 17.8 Å². The summed E-state index contributed by atoms with van der Waals surface area (Å²) in [7, 11) is 0. The summed E-state index contributed by atoms with van der Waals surface area (Å²) in [6, 6.07) is 16.8. The van der Waals surface area contributed by atoms with E-state index in [-0.39, 0.29) is 11.2 Å². The number of allylic oxidation sites excluding steroid dienone is 1. The van der Waals surface area contributed by atoms with Gasteiger partial charge in [0.1, 0.15) is 12.4 Å². The van der Waals surface area contributed by atoms with Gasteiger partial charge in [0.2, 0.25) is 0 Å². The molecule has 2 nitrogen and oxygen atoms in total. The second kappa shape index (κ2) is 8.41. The molecular formula is C28H34O2. The van der Waals surface area contributed by atoms with Gasteiger partial charge >= 0.3 is 0 Å². The lowest BCUT2D eigenvalue weighted by molar-refractivity contribution is -0.120. The topological polar surface area (TPSA) is 26.3 Å². The molecule has 3 atom stereocenters. The molecular weight excluding hydrogens is 368 g/mol. The van der Waals surface area contributed by atoms with Crippen molar-refractivity contribution in [1.29, 1.82) is 0 Å². The largest absolute Gasteiger partial charge is 0.489 e. The number of Topliss-reactive ketones (excluding diaryl/α,β-unsaturated/α-hetero) is 1. The van der Waals surface area contributed by atoms with Crippen molar-refractivity contribution in [3.63, 3.8) is 0 Å². The normalized spacial score (nSPS) is 25.7. The number of carbonyl (C=O) groups is 1. The van der Waals surface area contributed by atoms with E-state index in [0.29, 0.717) is 30.8 Å². The molecule has 2 aromatic carbocycles. The summed E-state index contributed by atoms with van der Waals surface area (Å²) in [6.07, 6.45) is 4.98. The maximum Gasteiger partial charge on any atom is 0.159 e. The Labute approximate surface area is 181 Å². The molecule has 1 fully saturated rings. The minimum Gasteiger partial charge on any atom is -0.489 e. The van der Waals surface area contributed by atoms with Crippen LogP contribution in [0, 0.1) is 17.3 Å². The Morgan fingerprint density at radius 2 is 1.93 bits per heavy atom. The van der Waals surface area contributed by atoms with Gasteiger partial charge in [0.25, 0.3) is 0 Å². The van der Waals surface area contributed by atoms with Crippen LogP contribution < -0.4 is 4.74 Å². The molecule has 0 radical (unpaired) electrons. The van der Waals surface area contributed by atoms with Crippen LogP contribution in [0.1, 0.15) is 69.1 Å². The van der Waals surface area contributed by atoms with Crippen LogP contribution in [0.15, 0.2) is 60.7 Å². The number of rotatable bonds is 6. The summed E-state index contributed by atoms with van der Waals surface area (Å²) in [6.45, 7) is 11.8. The zero-order chi connectivity index (χ0) is 21.3. The number of ether oxygens (including phenoxy) is 1. The molecule has 0 spiro atoms. The molecule has 0 amide bonds. The molecule has 0 heterocycles. The highest BCUT2D eigenvalue weighted by atomic mass is 16.5. The van der Waals surface area contributed by atoms with Gasteiger partial charge in [-0.05, 0) is 76.8 Å². The molecule has 0 aromatic heterocycles. The van der Waals surface area contributed by atoms with Crippen LogP contribution in [0.4, 0.5) is 0 Å². The first-order valence-corrected chi connectivity index (χ1v) is 11.4. The van der Waals surface area contributed by atoms with Gasteiger partial charge in [0.05, 0.1) is 0 Å². The second-order valence-electron chi connectivity index (χ2n) is 9.87. The standard InChI is InChI=1S/C28H34O2/c1-19(2)10-13-25-20(3)27(29)17-26-24-12-11-23(16-22(24)14-15-28(25,26)4)30-18-21-8-6-5-7-9-21/h5-9,11-12,16,19,25-26H,3,10,13-15,17-18H2,1-2,4H3/t25-,26+,28-/m0/s1. The lowest BCUT2D eigenvalue weighted by Gasteiger charge is -2.51. The van der Waals surface area contributed by atoms with Crippen LogP contribution in [0.2, 0.25) is 0 Å². The summed E-state index contributed by atoms with van der Waals surface area (Å²) in [4.78, 5) is 12.9. The monoisotopic (exact) mass is 402 g/mol. The molecule has 2 aliphatic rings. The summed E-state index contributed by atoms with van der Waals surface area (Å²) in [5.74, 6) is 2.43. The lowest BCUT2D eigenvalue weighted by Crippen LogP contribution is -2.45. The lowest BCUT2D eigenvalue weighted by atomic mass is 9.52. The Kier molecular flexibility index (Phi) is 5.86.